The molecular weight excluding hydrogens is 252 g/mol. The average molecular weight is 280 g/mol. The lowest BCUT2D eigenvalue weighted by Crippen LogP contribution is -2.44. The van der Waals surface area contributed by atoms with E-state index in [4.69, 9.17) is 4.43 Å². The summed E-state index contributed by atoms with van der Waals surface area (Å²) < 4.78 is 6.34. The molecule has 0 unspecified atom stereocenters. The minimum Gasteiger partial charge on any atom is -0.416 e. The van der Waals surface area contributed by atoms with Crippen LogP contribution in [0, 0.1) is 5.41 Å². The fourth-order valence-electron chi connectivity index (χ4n) is 1.98. The molecule has 0 heterocycles. The van der Waals surface area contributed by atoms with E-state index in [1.165, 1.54) is 0 Å². The summed E-state index contributed by atoms with van der Waals surface area (Å²) >= 11 is 0. The van der Waals surface area contributed by atoms with Gasteiger partial charge >= 0.3 is 0 Å². The molecule has 0 aromatic heterocycles. The average Bonchev–Trinajstić information content (AvgIpc) is 2.29. The number of hydrogen-bond acceptors (Lipinski definition) is 2. The fourth-order valence-corrected chi connectivity index (χ4v) is 3.09. The molecule has 1 aliphatic carbocycles. The maximum absolute atomic E-state index is 11.5. The molecule has 0 fully saturated rings. The summed E-state index contributed by atoms with van der Waals surface area (Å²) in [7, 11) is -1.74. The molecule has 2 nitrogen and oxygen atoms in total. The highest BCUT2D eigenvalue weighted by atomic mass is 28.4. The van der Waals surface area contributed by atoms with Crippen LogP contribution in [0.1, 0.15) is 40.5 Å². The monoisotopic (exact) mass is 280 g/mol. The third-order valence-electron chi connectivity index (χ3n) is 4.71. The first-order valence-corrected chi connectivity index (χ1v) is 9.94. The van der Waals surface area contributed by atoms with Crippen molar-refractivity contribution in [2.75, 3.05) is 6.61 Å². The van der Waals surface area contributed by atoms with Crippen LogP contribution in [-0.4, -0.2) is 20.7 Å². The van der Waals surface area contributed by atoms with Gasteiger partial charge < -0.3 is 4.43 Å². The Balaban J connectivity index is 2.84. The van der Waals surface area contributed by atoms with E-state index in [-0.39, 0.29) is 16.2 Å². The molecule has 0 saturated heterocycles. The van der Waals surface area contributed by atoms with Gasteiger partial charge in [0.25, 0.3) is 0 Å². The number of allylic oxidation sites excluding steroid dienone is 2. The van der Waals surface area contributed by atoms with Crippen molar-refractivity contribution in [3.8, 4) is 0 Å². The van der Waals surface area contributed by atoms with Gasteiger partial charge in [0.05, 0.1) is 0 Å². The lowest BCUT2D eigenvalue weighted by Gasteiger charge is -2.41. The summed E-state index contributed by atoms with van der Waals surface area (Å²) in [5.41, 5.74) is 0.966. The predicted molar refractivity (Wildman–Crippen MR) is 83.8 cm³/mol. The number of hydrogen-bond donors (Lipinski definition) is 0. The van der Waals surface area contributed by atoms with Gasteiger partial charge in [-0.15, -0.1) is 0 Å². The van der Waals surface area contributed by atoms with Crippen molar-refractivity contribution in [3.05, 3.63) is 24.3 Å². The van der Waals surface area contributed by atoms with E-state index < -0.39 is 8.32 Å². The van der Waals surface area contributed by atoms with Crippen molar-refractivity contribution in [3.63, 3.8) is 0 Å². The summed E-state index contributed by atoms with van der Waals surface area (Å²) in [5, 5.41) is 0.214. The van der Waals surface area contributed by atoms with E-state index in [1.807, 2.05) is 6.08 Å². The maximum atomic E-state index is 11.5. The smallest absolute Gasteiger partial charge is 0.192 e. The minimum absolute atomic E-state index is 0.0643. The molecule has 1 rings (SSSR count). The van der Waals surface area contributed by atoms with Crippen molar-refractivity contribution in [2.24, 2.45) is 5.41 Å². The zero-order valence-corrected chi connectivity index (χ0v) is 14.3. The second kappa shape index (κ2) is 5.37. The van der Waals surface area contributed by atoms with Crippen molar-refractivity contribution in [1.82, 2.24) is 0 Å². The van der Waals surface area contributed by atoms with Crippen molar-refractivity contribution in [1.29, 1.82) is 0 Å². The standard InChI is InChI=1S/C16H28O2Si/c1-8-13-11-14(17)9-10-16(13,5)12-18-19(6,7)15(2,3)4/h8,11H,1,9-10,12H2,2-7H3/t16-/m0/s1. The molecule has 3 heteroatoms. The zero-order valence-electron chi connectivity index (χ0n) is 13.3. The van der Waals surface area contributed by atoms with E-state index in [9.17, 15) is 4.79 Å². The third kappa shape index (κ3) is 3.66. The minimum atomic E-state index is -1.74. The molecule has 0 aromatic rings. The lowest BCUT2D eigenvalue weighted by atomic mass is 9.74. The van der Waals surface area contributed by atoms with Gasteiger partial charge in [-0.25, -0.2) is 0 Å². The Bertz CT molecular complexity index is 401. The SMILES string of the molecule is C=CC1=CC(=O)CC[C@@]1(C)CO[Si](C)(C)C(C)(C)C. The molecule has 0 radical (unpaired) electrons. The molecule has 0 bridgehead atoms. The van der Waals surface area contributed by atoms with Crippen LogP contribution in [0.5, 0.6) is 0 Å². The van der Waals surface area contributed by atoms with Crippen LogP contribution in [0.2, 0.25) is 18.1 Å². The lowest BCUT2D eigenvalue weighted by molar-refractivity contribution is -0.115. The van der Waals surface area contributed by atoms with E-state index in [0.717, 1.165) is 12.0 Å². The topological polar surface area (TPSA) is 26.3 Å². The molecule has 0 aromatic carbocycles. The molecule has 0 aliphatic heterocycles. The van der Waals surface area contributed by atoms with Crippen molar-refractivity contribution >= 4 is 14.1 Å². The molecule has 0 spiro atoms. The highest BCUT2D eigenvalue weighted by Crippen LogP contribution is 2.41. The van der Waals surface area contributed by atoms with Gasteiger partial charge in [0, 0.05) is 18.4 Å². The Morgan fingerprint density at radius 1 is 1.47 bits per heavy atom. The molecule has 0 N–H and O–H groups in total. The van der Waals surface area contributed by atoms with Gasteiger partial charge in [-0.3, -0.25) is 4.79 Å². The molecule has 0 amide bonds. The van der Waals surface area contributed by atoms with E-state index in [2.05, 4.69) is 47.4 Å². The highest BCUT2D eigenvalue weighted by Gasteiger charge is 2.40. The first-order chi connectivity index (χ1) is 8.52. The van der Waals surface area contributed by atoms with Gasteiger partial charge in [0.2, 0.25) is 0 Å². The molecule has 19 heavy (non-hydrogen) atoms. The first kappa shape index (κ1) is 16.4. The Morgan fingerprint density at radius 2 is 2.05 bits per heavy atom. The molecule has 0 saturated carbocycles. The largest absolute Gasteiger partial charge is 0.416 e. The predicted octanol–water partition coefficient (Wildman–Crippen LogP) is 4.49. The highest BCUT2D eigenvalue weighted by molar-refractivity contribution is 6.74. The summed E-state index contributed by atoms with van der Waals surface area (Å²) in [6.07, 6.45) is 5.03. The van der Waals surface area contributed by atoms with Gasteiger partial charge in [-0.1, -0.05) is 40.3 Å². The first-order valence-electron chi connectivity index (χ1n) is 7.03. The van der Waals surface area contributed by atoms with Crippen LogP contribution in [0.15, 0.2) is 24.3 Å². The van der Waals surface area contributed by atoms with E-state index >= 15 is 0 Å². The van der Waals surface area contributed by atoms with Crippen molar-refractivity contribution in [2.45, 2.75) is 58.7 Å². The van der Waals surface area contributed by atoms with Crippen LogP contribution in [0.3, 0.4) is 0 Å². The molecule has 1 aliphatic rings. The molecule has 1 atom stereocenters. The van der Waals surface area contributed by atoms with Gasteiger partial charge in [0.1, 0.15) is 0 Å². The van der Waals surface area contributed by atoms with Crippen molar-refractivity contribution < 1.29 is 9.22 Å². The summed E-state index contributed by atoms with van der Waals surface area (Å²) in [6, 6.07) is 0. The van der Waals surface area contributed by atoms with Gasteiger partial charge in [0.15, 0.2) is 14.1 Å². The molecular formula is C16H28O2Si. The van der Waals surface area contributed by atoms with Crippen LogP contribution in [0.4, 0.5) is 0 Å². The fraction of sp³-hybridized carbons (Fsp3) is 0.688. The third-order valence-corrected chi connectivity index (χ3v) is 9.19. The normalized spacial score (nSPS) is 25.2. The Labute approximate surface area is 119 Å². The van der Waals surface area contributed by atoms with Crippen LogP contribution < -0.4 is 0 Å². The Morgan fingerprint density at radius 3 is 2.53 bits per heavy atom. The second-order valence-corrected chi connectivity index (χ2v) is 12.2. The Hall–Kier alpha value is -0.673. The van der Waals surface area contributed by atoms with Gasteiger partial charge in [-0.05, 0) is 36.2 Å². The van der Waals surface area contributed by atoms with Gasteiger partial charge in [-0.2, -0.15) is 0 Å². The number of ketones is 1. The number of carbonyl (C=O) groups excluding carboxylic acids is 1. The van der Waals surface area contributed by atoms with Crippen LogP contribution >= 0.6 is 0 Å². The van der Waals surface area contributed by atoms with Crippen LogP contribution in [0.25, 0.3) is 0 Å². The van der Waals surface area contributed by atoms with Crippen LogP contribution in [-0.2, 0) is 9.22 Å². The summed E-state index contributed by atoms with van der Waals surface area (Å²) in [4.78, 5) is 11.5. The zero-order chi connectivity index (χ0) is 14.9. The Kier molecular flexibility index (Phi) is 4.63. The molecule has 108 valence electrons. The second-order valence-electron chi connectivity index (χ2n) is 7.38. The quantitative estimate of drug-likeness (QED) is 0.709. The van der Waals surface area contributed by atoms with E-state index in [1.54, 1.807) is 6.08 Å². The van der Waals surface area contributed by atoms with E-state index in [0.29, 0.717) is 13.0 Å². The maximum Gasteiger partial charge on any atom is 0.192 e. The number of rotatable bonds is 4. The summed E-state index contributed by atoms with van der Waals surface area (Å²) in [6.45, 7) is 18.0. The summed E-state index contributed by atoms with van der Waals surface area (Å²) in [5.74, 6) is 0.208. The number of carbonyl (C=O) groups is 1.